The average molecular weight is 1290 g/mol. The second-order valence-corrected chi connectivity index (χ2v) is 25.0. The number of amides is 2. The number of carboxylic acid groups (broad SMARTS) is 1. The zero-order chi connectivity index (χ0) is 66.1. The van der Waals surface area contributed by atoms with Crippen LogP contribution in [0.25, 0.3) is 0 Å². The third kappa shape index (κ3) is 30.1. The highest BCUT2D eigenvalue weighted by molar-refractivity contribution is 5.77. The van der Waals surface area contributed by atoms with Crippen LogP contribution in [0.2, 0.25) is 0 Å². The van der Waals surface area contributed by atoms with E-state index >= 15 is 0 Å². The third-order valence-corrected chi connectivity index (χ3v) is 17.3. The summed E-state index contributed by atoms with van der Waals surface area (Å²) in [4.78, 5) is 38.5. The van der Waals surface area contributed by atoms with Gasteiger partial charge in [-0.25, -0.2) is 4.79 Å². The summed E-state index contributed by atoms with van der Waals surface area (Å²) in [5.41, 5.74) is 0. The molecule has 0 bridgehead atoms. The Kier molecular flexibility index (Phi) is 43.1. The standard InChI is InChI=1S/C67H120N2O21/c1-4-6-8-10-12-14-16-18-20-22-23-25-26-28-30-32-34-36-38-40-49(74)48(69-54(77)41-39-37-35-33-31-29-27-24-21-19-17-15-13-11-9-7-5-2)46-85-64-59(81)58(80)61(53(45-72)87-64)88-65-60(82)63(57(79)52(44-71)86-65)90-67(66(83)84)42-50(75)55(68-47(3)73)62(89-67)56(78)51(76)43-70/h13,15,19,21,38,40,48-53,55-65,70-72,74-76,78-82H,4-12,14,16-18,20,22-37,39,41-46H2,1-3H3,(H,68,73)(H,69,77)(H,83,84)/b15-13-,21-19-,40-38+. The molecule has 3 saturated heterocycles. The highest BCUT2D eigenvalue weighted by Crippen LogP contribution is 2.39. The maximum absolute atomic E-state index is 13.4. The maximum Gasteiger partial charge on any atom is 0.364 e. The molecule has 0 aliphatic carbocycles. The quantitative estimate of drug-likeness (QED) is 0.0251. The van der Waals surface area contributed by atoms with E-state index in [4.69, 9.17) is 28.4 Å². The van der Waals surface area contributed by atoms with Crippen molar-refractivity contribution in [1.82, 2.24) is 10.6 Å². The van der Waals surface area contributed by atoms with Gasteiger partial charge in [0.05, 0.1) is 50.7 Å². The molecule has 23 nitrogen and oxygen atoms in total. The third-order valence-electron chi connectivity index (χ3n) is 17.3. The summed E-state index contributed by atoms with van der Waals surface area (Å²) in [5, 5.41) is 136. The van der Waals surface area contributed by atoms with E-state index in [0.717, 1.165) is 84.0 Å². The van der Waals surface area contributed by atoms with Crippen LogP contribution in [0.5, 0.6) is 0 Å². The van der Waals surface area contributed by atoms with Crippen molar-refractivity contribution in [3.05, 3.63) is 36.5 Å². The lowest BCUT2D eigenvalue weighted by molar-refractivity contribution is -0.386. The molecule has 3 heterocycles. The minimum atomic E-state index is -3.08. The number of carboxylic acids is 1. The fraction of sp³-hybridized carbons (Fsp3) is 0.866. The van der Waals surface area contributed by atoms with E-state index in [9.17, 15) is 75.7 Å². The van der Waals surface area contributed by atoms with Crippen LogP contribution in [0.15, 0.2) is 36.5 Å². The molecule has 3 aliphatic heterocycles. The number of unbranched alkanes of at least 4 members (excludes halogenated alkanes) is 27. The fourth-order valence-corrected chi connectivity index (χ4v) is 11.8. The maximum atomic E-state index is 13.4. The van der Waals surface area contributed by atoms with Crippen LogP contribution in [0.1, 0.15) is 233 Å². The zero-order valence-electron chi connectivity index (χ0n) is 54.5. The van der Waals surface area contributed by atoms with Gasteiger partial charge >= 0.3 is 5.97 Å². The molecular weight excluding hydrogens is 1170 g/mol. The van der Waals surface area contributed by atoms with Crippen LogP contribution >= 0.6 is 0 Å². The minimum Gasteiger partial charge on any atom is -0.477 e. The number of rotatable bonds is 51. The summed E-state index contributed by atoms with van der Waals surface area (Å²) in [7, 11) is 0. The zero-order valence-corrected chi connectivity index (χ0v) is 54.5. The van der Waals surface area contributed by atoms with Crippen molar-refractivity contribution in [3.63, 3.8) is 0 Å². The van der Waals surface area contributed by atoms with Gasteiger partial charge in [-0.05, 0) is 51.4 Å². The van der Waals surface area contributed by atoms with Crippen molar-refractivity contribution < 1.29 is 104 Å². The van der Waals surface area contributed by atoms with Gasteiger partial charge < -0.3 is 100 Å². The second kappa shape index (κ2) is 47.8. The molecule has 0 aromatic rings. The van der Waals surface area contributed by atoms with Gasteiger partial charge in [-0.3, -0.25) is 9.59 Å². The SMILES string of the molecule is CCCCC/C=C\C/C=C\CCCCCCCCCC(=O)NC(COC1OC(CO)C(OC2OC(CO)C(O)C(OC3(C(=O)O)CC(O)C(NC(C)=O)C(C(O)C(O)CO)O3)C2O)C(O)C1O)C(O)/C=C/CCCCCCCCCCCCCCCCCCC. The van der Waals surface area contributed by atoms with Crippen molar-refractivity contribution in [2.45, 2.75) is 342 Å². The number of aliphatic hydroxyl groups is 11. The summed E-state index contributed by atoms with van der Waals surface area (Å²) in [6.07, 6.45) is 18.9. The number of hydrogen-bond donors (Lipinski definition) is 14. The van der Waals surface area contributed by atoms with Crippen molar-refractivity contribution in [2.24, 2.45) is 0 Å². The predicted octanol–water partition coefficient (Wildman–Crippen LogP) is 5.84. The molecule has 0 radical (unpaired) electrons. The molecule has 2 amide bonds. The highest BCUT2D eigenvalue weighted by Gasteiger charge is 2.60. The Labute approximate surface area is 536 Å². The molecule has 0 aromatic carbocycles. The molecule has 14 N–H and O–H groups in total. The van der Waals surface area contributed by atoms with Gasteiger partial charge in [0.15, 0.2) is 12.6 Å². The lowest BCUT2D eigenvalue weighted by atomic mass is 9.88. The molecule has 18 unspecified atom stereocenters. The van der Waals surface area contributed by atoms with Gasteiger partial charge in [0.25, 0.3) is 5.79 Å². The predicted molar refractivity (Wildman–Crippen MR) is 338 cm³/mol. The largest absolute Gasteiger partial charge is 0.477 e. The second-order valence-electron chi connectivity index (χ2n) is 25.0. The van der Waals surface area contributed by atoms with E-state index in [1.807, 2.05) is 6.08 Å². The molecule has 0 spiro atoms. The lowest BCUT2D eigenvalue weighted by Crippen LogP contribution is -2.70. The van der Waals surface area contributed by atoms with Gasteiger partial charge in [-0.15, -0.1) is 0 Å². The Bertz CT molecular complexity index is 1970. The smallest absolute Gasteiger partial charge is 0.364 e. The Morgan fingerprint density at radius 3 is 1.59 bits per heavy atom. The first-order valence-corrected chi connectivity index (χ1v) is 34.4. The van der Waals surface area contributed by atoms with Gasteiger partial charge in [0, 0.05) is 19.8 Å². The number of allylic oxidation sites excluding steroid dienone is 5. The molecule has 524 valence electrons. The van der Waals surface area contributed by atoms with Crippen LogP contribution < -0.4 is 10.6 Å². The fourth-order valence-electron chi connectivity index (χ4n) is 11.8. The molecule has 3 aliphatic rings. The van der Waals surface area contributed by atoms with E-state index in [-0.39, 0.29) is 12.3 Å². The van der Waals surface area contributed by atoms with Crippen LogP contribution in [0.3, 0.4) is 0 Å². The van der Waals surface area contributed by atoms with Crippen LogP contribution in [0.4, 0.5) is 0 Å². The molecule has 0 aromatic heterocycles. The van der Waals surface area contributed by atoms with Crippen molar-refractivity contribution in [2.75, 3.05) is 26.4 Å². The normalized spacial score (nSPS) is 28.8. The topological polar surface area (TPSA) is 373 Å². The number of nitrogens with one attached hydrogen (secondary N) is 2. The monoisotopic (exact) mass is 1290 g/mol. The Morgan fingerprint density at radius 2 is 1.08 bits per heavy atom. The van der Waals surface area contributed by atoms with Crippen LogP contribution in [-0.2, 0) is 42.8 Å². The van der Waals surface area contributed by atoms with E-state index < -0.39 is 155 Å². The van der Waals surface area contributed by atoms with E-state index in [1.54, 1.807) is 6.08 Å². The molecule has 3 fully saturated rings. The molecule has 18 atom stereocenters. The molecular formula is C67H120N2O21. The van der Waals surface area contributed by atoms with E-state index in [2.05, 4.69) is 48.8 Å². The summed E-state index contributed by atoms with van der Waals surface area (Å²) in [6.45, 7) is 2.10. The number of carbonyl (C=O) groups is 3. The number of carbonyl (C=O) groups excluding carboxylic acids is 2. The van der Waals surface area contributed by atoms with E-state index in [0.29, 0.717) is 12.8 Å². The molecule has 23 heteroatoms. The van der Waals surface area contributed by atoms with Crippen molar-refractivity contribution >= 4 is 17.8 Å². The average Bonchev–Trinajstić information content (AvgIpc) is 0.837. The van der Waals surface area contributed by atoms with Gasteiger partial charge in [0.1, 0.15) is 67.1 Å². The van der Waals surface area contributed by atoms with Crippen molar-refractivity contribution in [1.29, 1.82) is 0 Å². The summed E-state index contributed by atoms with van der Waals surface area (Å²) in [6, 6.07) is -2.62. The van der Waals surface area contributed by atoms with Gasteiger partial charge in [-0.1, -0.05) is 198 Å². The number of aliphatic hydroxyl groups excluding tert-OH is 11. The van der Waals surface area contributed by atoms with Gasteiger partial charge in [-0.2, -0.15) is 0 Å². The van der Waals surface area contributed by atoms with Crippen LogP contribution in [0, 0.1) is 0 Å². The summed E-state index contributed by atoms with van der Waals surface area (Å²) >= 11 is 0. The van der Waals surface area contributed by atoms with Crippen LogP contribution in [-0.4, -0.2) is 215 Å². The number of ether oxygens (including phenoxy) is 6. The van der Waals surface area contributed by atoms with Gasteiger partial charge in [0.2, 0.25) is 11.8 Å². The number of hydrogen-bond acceptors (Lipinski definition) is 20. The Balaban J connectivity index is 1.62. The Morgan fingerprint density at radius 1 is 0.589 bits per heavy atom. The minimum absolute atomic E-state index is 0.190. The lowest BCUT2D eigenvalue weighted by Gasteiger charge is -2.50. The first-order valence-electron chi connectivity index (χ1n) is 34.4. The summed E-state index contributed by atoms with van der Waals surface area (Å²) in [5.74, 6) is -6.15. The molecule has 3 rings (SSSR count). The Hall–Kier alpha value is -3.05. The molecule has 0 saturated carbocycles. The first kappa shape index (κ1) is 81.2. The first-order chi connectivity index (χ1) is 43.4. The summed E-state index contributed by atoms with van der Waals surface area (Å²) < 4.78 is 34.8. The molecule has 90 heavy (non-hydrogen) atoms. The number of aliphatic carboxylic acids is 1. The van der Waals surface area contributed by atoms with E-state index in [1.165, 1.54) is 109 Å². The highest BCUT2D eigenvalue weighted by atomic mass is 16.8. The van der Waals surface area contributed by atoms with Crippen molar-refractivity contribution in [3.8, 4) is 0 Å².